The highest BCUT2D eigenvalue weighted by atomic mass is 16.5. The third-order valence-corrected chi connectivity index (χ3v) is 5.90. The molecule has 0 aliphatic rings. The van der Waals surface area contributed by atoms with E-state index in [2.05, 4.69) is 5.16 Å². The van der Waals surface area contributed by atoms with Crippen molar-refractivity contribution in [2.45, 2.75) is 0 Å². The Bertz CT molecular complexity index is 1520. The van der Waals surface area contributed by atoms with Crippen LogP contribution in [0.4, 0.5) is 0 Å². The number of aromatic hydroxyl groups is 2. The van der Waals surface area contributed by atoms with Crippen LogP contribution in [0.2, 0.25) is 0 Å². The molecule has 0 aliphatic heterocycles. The Morgan fingerprint density at radius 1 is 0.861 bits per heavy atom. The molecule has 5 aromatic rings. The molecule has 8 heteroatoms. The number of ketones is 1. The Kier molecular flexibility index (Phi) is 5.92. The van der Waals surface area contributed by atoms with E-state index in [1.54, 1.807) is 73.8 Å². The highest BCUT2D eigenvalue weighted by molar-refractivity contribution is 6.15. The Morgan fingerprint density at radius 3 is 2.22 bits per heavy atom. The lowest BCUT2D eigenvalue weighted by Crippen LogP contribution is -2.05. The lowest BCUT2D eigenvalue weighted by atomic mass is 9.99. The quantitative estimate of drug-likeness (QED) is 0.297. The highest BCUT2D eigenvalue weighted by Gasteiger charge is 2.30. The number of methoxy groups -OCH3 is 2. The van der Waals surface area contributed by atoms with Crippen LogP contribution in [0.1, 0.15) is 15.9 Å². The molecule has 180 valence electrons. The van der Waals surface area contributed by atoms with Crippen LogP contribution in [0, 0.1) is 0 Å². The molecule has 0 bridgehead atoms. The molecular formula is C28H22N2O6. The molecule has 0 radical (unpaired) electrons. The molecule has 2 aromatic heterocycles. The molecule has 2 N–H and O–H groups in total. The number of rotatable bonds is 7. The molecule has 0 atom stereocenters. The van der Waals surface area contributed by atoms with E-state index in [0.717, 1.165) is 5.56 Å². The molecule has 2 heterocycles. The number of benzene rings is 3. The molecule has 0 saturated heterocycles. The van der Waals surface area contributed by atoms with Crippen molar-refractivity contribution in [3.05, 3.63) is 96.3 Å². The maximum atomic E-state index is 13.6. The van der Waals surface area contributed by atoms with Crippen molar-refractivity contribution in [1.82, 2.24) is 9.72 Å². The van der Waals surface area contributed by atoms with Gasteiger partial charge in [-0.2, -0.15) is 0 Å². The van der Waals surface area contributed by atoms with Crippen LogP contribution in [-0.2, 0) is 0 Å². The van der Waals surface area contributed by atoms with Crippen LogP contribution >= 0.6 is 0 Å². The van der Waals surface area contributed by atoms with Crippen molar-refractivity contribution in [3.63, 3.8) is 0 Å². The van der Waals surface area contributed by atoms with Gasteiger partial charge in [-0.1, -0.05) is 29.4 Å². The molecule has 5 rings (SSSR count). The molecule has 0 unspecified atom stereocenters. The topological polar surface area (TPSA) is 107 Å². The van der Waals surface area contributed by atoms with Gasteiger partial charge < -0.3 is 24.2 Å². The summed E-state index contributed by atoms with van der Waals surface area (Å²) in [4.78, 5) is 13.6. The van der Waals surface area contributed by atoms with Crippen LogP contribution < -0.4 is 9.47 Å². The average Bonchev–Trinajstić information content (AvgIpc) is 3.56. The Balaban J connectivity index is 1.71. The lowest BCUT2D eigenvalue weighted by molar-refractivity contribution is 0.103. The first-order chi connectivity index (χ1) is 17.5. The summed E-state index contributed by atoms with van der Waals surface area (Å²) in [6.07, 6.45) is 1.48. The SMILES string of the molecule is COc1ccc(C(=O)c2c(O)c(O)n(-c3ccc(-c4ccon4)cc3)c2-c2cccc(OC)c2)cc1. The van der Waals surface area contributed by atoms with Gasteiger partial charge in [-0.3, -0.25) is 9.36 Å². The van der Waals surface area contributed by atoms with Gasteiger partial charge >= 0.3 is 0 Å². The summed E-state index contributed by atoms with van der Waals surface area (Å²) in [5, 5.41) is 26.0. The predicted octanol–water partition coefficient (Wildman–Crippen LogP) is 5.46. The minimum atomic E-state index is -0.519. The van der Waals surface area contributed by atoms with Gasteiger partial charge in [0.15, 0.2) is 11.5 Å². The monoisotopic (exact) mass is 482 g/mol. The third-order valence-electron chi connectivity index (χ3n) is 5.90. The van der Waals surface area contributed by atoms with Gasteiger partial charge in [-0.15, -0.1) is 0 Å². The predicted molar refractivity (Wildman–Crippen MR) is 133 cm³/mol. The maximum absolute atomic E-state index is 13.6. The lowest BCUT2D eigenvalue weighted by Gasteiger charge is -2.13. The fourth-order valence-electron chi connectivity index (χ4n) is 4.09. The Hall–Kier alpha value is -4.98. The van der Waals surface area contributed by atoms with Crippen molar-refractivity contribution in [2.75, 3.05) is 14.2 Å². The van der Waals surface area contributed by atoms with Crippen LogP contribution in [-0.4, -0.2) is 39.9 Å². The Labute approximate surface area is 206 Å². The van der Waals surface area contributed by atoms with Gasteiger partial charge in [-0.25, -0.2) is 0 Å². The fraction of sp³-hybridized carbons (Fsp3) is 0.0714. The van der Waals surface area contributed by atoms with Gasteiger partial charge in [0.25, 0.3) is 0 Å². The van der Waals surface area contributed by atoms with E-state index in [9.17, 15) is 15.0 Å². The summed E-state index contributed by atoms with van der Waals surface area (Å²) in [6.45, 7) is 0. The average molecular weight is 482 g/mol. The zero-order valence-electron chi connectivity index (χ0n) is 19.5. The van der Waals surface area contributed by atoms with Crippen LogP contribution in [0.25, 0.3) is 28.2 Å². The molecule has 0 fully saturated rings. The summed E-state index contributed by atoms with van der Waals surface area (Å²) in [5.74, 6) is -0.283. The van der Waals surface area contributed by atoms with E-state index in [-0.39, 0.29) is 5.56 Å². The zero-order valence-corrected chi connectivity index (χ0v) is 19.5. The minimum Gasteiger partial charge on any atom is -0.503 e. The molecule has 0 saturated carbocycles. The first-order valence-corrected chi connectivity index (χ1v) is 11.0. The minimum absolute atomic E-state index is 0.0357. The van der Waals surface area contributed by atoms with Gasteiger partial charge in [0.05, 0.1) is 25.5 Å². The zero-order chi connectivity index (χ0) is 25.2. The number of carbonyl (C=O) groups excluding carboxylic acids is 1. The number of aromatic nitrogens is 2. The first-order valence-electron chi connectivity index (χ1n) is 11.0. The molecule has 0 amide bonds. The van der Waals surface area contributed by atoms with E-state index in [1.165, 1.54) is 17.9 Å². The van der Waals surface area contributed by atoms with E-state index < -0.39 is 17.4 Å². The van der Waals surface area contributed by atoms with Crippen LogP contribution in [0.3, 0.4) is 0 Å². The normalized spacial score (nSPS) is 10.8. The summed E-state index contributed by atoms with van der Waals surface area (Å²) in [7, 11) is 3.08. The number of ether oxygens (including phenoxy) is 2. The van der Waals surface area contributed by atoms with E-state index >= 15 is 0 Å². The van der Waals surface area contributed by atoms with Crippen molar-refractivity contribution in [1.29, 1.82) is 0 Å². The first kappa shape index (κ1) is 22.8. The van der Waals surface area contributed by atoms with E-state index in [0.29, 0.717) is 39.7 Å². The van der Waals surface area contributed by atoms with E-state index in [4.69, 9.17) is 14.0 Å². The largest absolute Gasteiger partial charge is 0.503 e. The van der Waals surface area contributed by atoms with E-state index in [1.807, 2.05) is 12.1 Å². The smallest absolute Gasteiger partial charge is 0.240 e. The molecule has 8 nitrogen and oxygen atoms in total. The molecule has 36 heavy (non-hydrogen) atoms. The molecule has 3 aromatic carbocycles. The summed E-state index contributed by atoms with van der Waals surface area (Å²) < 4.78 is 16.9. The Morgan fingerprint density at radius 2 is 1.58 bits per heavy atom. The maximum Gasteiger partial charge on any atom is 0.240 e. The standard InChI is InChI=1S/C28H22N2O6/c1-34-21-12-8-18(9-13-21)26(31)24-25(19-4-3-5-22(16-19)35-2)30(28(33)27(24)32)20-10-6-17(7-11-20)23-14-15-36-29-23/h3-16,32-33H,1-2H3. The van der Waals surface area contributed by atoms with Crippen LogP contribution in [0.5, 0.6) is 23.1 Å². The van der Waals surface area contributed by atoms with Crippen molar-refractivity contribution < 1.29 is 29.0 Å². The molecule has 0 aliphatic carbocycles. The number of nitrogens with zero attached hydrogens (tertiary/aromatic N) is 2. The van der Waals surface area contributed by atoms with Gasteiger partial charge in [-0.05, 0) is 48.5 Å². The second-order valence-electron chi connectivity index (χ2n) is 7.95. The second-order valence-corrected chi connectivity index (χ2v) is 7.95. The van der Waals surface area contributed by atoms with Crippen molar-refractivity contribution >= 4 is 5.78 Å². The molecular weight excluding hydrogens is 460 g/mol. The number of hydrogen-bond acceptors (Lipinski definition) is 7. The molecule has 0 spiro atoms. The summed E-state index contributed by atoms with van der Waals surface area (Å²) in [5.41, 5.74) is 3.17. The number of hydrogen-bond donors (Lipinski definition) is 2. The van der Waals surface area contributed by atoms with Gasteiger partial charge in [0.1, 0.15) is 23.5 Å². The summed E-state index contributed by atoms with van der Waals surface area (Å²) in [6, 6.07) is 22.5. The van der Waals surface area contributed by atoms with Crippen molar-refractivity contribution in [3.8, 4) is 51.3 Å². The highest BCUT2D eigenvalue weighted by Crippen LogP contribution is 2.44. The van der Waals surface area contributed by atoms with Gasteiger partial charge in [0, 0.05) is 28.4 Å². The van der Waals surface area contributed by atoms with Gasteiger partial charge in [0.2, 0.25) is 5.88 Å². The summed E-state index contributed by atoms with van der Waals surface area (Å²) >= 11 is 0. The van der Waals surface area contributed by atoms with Crippen molar-refractivity contribution in [2.24, 2.45) is 0 Å². The number of carbonyl (C=O) groups is 1. The van der Waals surface area contributed by atoms with Crippen LogP contribution in [0.15, 0.2) is 89.6 Å². The fourth-order valence-corrected chi connectivity index (χ4v) is 4.09. The third kappa shape index (κ3) is 3.94. The second kappa shape index (κ2) is 9.34.